The molecule has 0 aliphatic carbocycles. The minimum absolute atomic E-state index is 0.000136. The van der Waals surface area contributed by atoms with Gasteiger partial charge in [0.2, 0.25) is 0 Å². The van der Waals surface area contributed by atoms with Crippen LogP contribution in [-0.2, 0) is 6.54 Å². The molecule has 2 rings (SSSR count). The van der Waals surface area contributed by atoms with Crippen molar-refractivity contribution in [2.45, 2.75) is 20.4 Å². The average Bonchev–Trinajstić information content (AvgIpc) is 2.34. The molecule has 0 aliphatic heterocycles. The van der Waals surface area contributed by atoms with Gasteiger partial charge in [0.15, 0.2) is 0 Å². The van der Waals surface area contributed by atoms with E-state index in [1.807, 2.05) is 33.2 Å². The fourth-order valence-corrected chi connectivity index (χ4v) is 2.37. The predicted molar refractivity (Wildman–Crippen MR) is 84.3 cm³/mol. The van der Waals surface area contributed by atoms with Crippen LogP contribution in [0.25, 0.3) is 10.9 Å². The topological polar surface area (TPSA) is 48.1 Å². The molecule has 108 valence electrons. The molecule has 0 radical (unpaired) electrons. The van der Waals surface area contributed by atoms with Gasteiger partial charge in [-0.1, -0.05) is 6.07 Å². The van der Waals surface area contributed by atoms with Crippen molar-refractivity contribution in [2.75, 3.05) is 27.2 Å². The largest absolute Gasteiger partial charge is 0.322 e. The molecule has 0 unspecified atom stereocenters. The van der Waals surface area contributed by atoms with Crippen molar-refractivity contribution < 1.29 is 0 Å². The van der Waals surface area contributed by atoms with Gasteiger partial charge >= 0.3 is 0 Å². The molecule has 2 N–H and O–H groups in total. The van der Waals surface area contributed by atoms with Crippen LogP contribution in [0.4, 0.5) is 0 Å². The molecule has 1 aromatic carbocycles. The van der Waals surface area contributed by atoms with E-state index >= 15 is 0 Å². The first-order valence-electron chi connectivity index (χ1n) is 6.96. The summed E-state index contributed by atoms with van der Waals surface area (Å²) < 4.78 is 0. The molecule has 0 atom stereocenters. The third kappa shape index (κ3) is 3.46. The summed E-state index contributed by atoms with van der Waals surface area (Å²) >= 11 is 0. The number of nitrogens with zero attached hydrogens (tertiary/aromatic N) is 1. The molecule has 0 bridgehead atoms. The van der Waals surface area contributed by atoms with Crippen molar-refractivity contribution in [1.82, 2.24) is 15.2 Å². The van der Waals surface area contributed by atoms with Gasteiger partial charge in [-0.15, -0.1) is 0 Å². The van der Waals surface area contributed by atoms with E-state index < -0.39 is 0 Å². The van der Waals surface area contributed by atoms with E-state index in [4.69, 9.17) is 0 Å². The highest BCUT2D eigenvalue weighted by atomic mass is 16.1. The number of fused-ring (bicyclic) bond motifs is 1. The second-order valence-electron chi connectivity index (χ2n) is 5.65. The Balaban J connectivity index is 2.22. The van der Waals surface area contributed by atoms with Gasteiger partial charge in [0.25, 0.3) is 5.56 Å². The first-order valence-corrected chi connectivity index (χ1v) is 6.96. The minimum atomic E-state index is -0.000136. The van der Waals surface area contributed by atoms with Gasteiger partial charge in [0, 0.05) is 36.1 Å². The van der Waals surface area contributed by atoms with Gasteiger partial charge in [-0.05, 0) is 51.2 Å². The lowest BCUT2D eigenvalue weighted by Gasteiger charge is -2.11. The average molecular weight is 273 g/mol. The Bertz CT molecular complexity index is 659. The smallest absolute Gasteiger partial charge is 0.252 e. The molecule has 2 aromatic rings. The first-order chi connectivity index (χ1) is 9.47. The van der Waals surface area contributed by atoms with Gasteiger partial charge in [0.05, 0.1) is 0 Å². The maximum Gasteiger partial charge on any atom is 0.252 e. The molecule has 1 aromatic heterocycles. The van der Waals surface area contributed by atoms with Crippen LogP contribution in [0.2, 0.25) is 0 Å². The Kier molecular flexibility index (Phi) is 4.57. The molecule has 4 heteroatoms. The van der Waals surface area contributed by atoms with E-state index in [1.165, 1.54) is 11.1 Å². The molecule has 0 saturated carbocycles. The summed E-state index contributed by atoms with van der Waals surface area (Å²) in [5.41, 5.74) is 4.08. The van der Waals surface area contributed by atoms with Crippen LogP contribution in [0.5, 0.6) is 0 Å². The van der Waals surface area contributed by atoms with Crippen LogP contribution in [-0.4, -0.2) is 37.1 Å². The highest BCUT2D eigenvalue weighted by molar-refractivity contribution is 5.83. The molecule has 20 heavy (non-hydrogen) atoms. The zero-order chi connectivity index (χ0) is 14.7. The Labute approximate surface area is 119 Å². The monoisotopic (exact) mass is 273 g/mol. The predicted octanol–water partition coefficient (Wildman–Crippen LogP) is 1.80. The van der Waals surface area contributed by atoms with Crippen molar-refractivity contribution in [1.29, 1.82) is 0 Å². The van der Waals surface area contributed by atoms with Gasteiger partial charge < -0.3 is 15.2 Å². The second-order valence-corrected chi connectivity index (χ2v) is 5.65. The number of hydrogen-bond donors (Lipinski definition) is 2. The number of H-pyrrole nitrogens is 1. The number of nitrogens with one attached hydrogen (secondary N) is 2. The summed E-state index contributed by atoms with van der Waals surface area (Å²) in [5.74, 6) is 0. The quantitative estimate of drug-likeness (QED) is 0.817. The molecule has 0 saturated heterocycles. The Morgan fingerprint density at radius 1 is 1.20 bits per heavy atom. The van der Waals surface area contributed by atoms with E-state index in [1.54, 1.807) is 0 Å². The lowest BCUT2D eigenvalue weighted by molar-refractivity contribution is 0.400. The van der Waals surface area contributed by atoms with Gasteiger partial charge in [-0.3, -0.25) is 4.79 Å². The summed E-state index contributed by atoms with van der Waals surface area (Å²) in [6.45, 7) is 6.56. The van der Waals surface area contributed by atoms with E-state index in [0.29, 0.717) is 6.54 Å². The van der Waals surface area contributed by atoms with Gasteiger partial charge in [-0.2, -0.15) is 0 Å². The Morgan fingerprint density at radius 3 is 2.65 bits per heavy atom. The molecule has 0 aliphatic rings. The van der Waals surface area contributed by atoms with Crippen molar-refractivity contribution in [3.8, 4) is 0 Å². The number of hydrogen-bond acceptors (Lipinski definition) is 3. The standard InChI is InChI=1S/C16H23N3O/c1-11-7-12(2)14-9-13(10-17-5-6-19(3)4)16(20)18-15(14)8-11/h7-9,17H,5-6,10H2,1-4H3,(H,18,20). The van der Waals surface area contributed by atoms with Crippen molar-refractivity contribution in [3.63, 3.8) is 0 Å². The van der Waals surface area contributed by atoms with Gasteiger partial charge in [-0.25, -0.2) is 0 Å². The number of benzene rings is 1. The zero-order valence-corrected chi connectivity index (χ0v) is 12.7. The maximum atomic E-state index is 12.1. The summed E-state index contributed by atoms with van der Waals surface area (Å²) in [7, 11) is 4.08. The van der Waals surface area contributed by atoms with E-state index in [0.717, 1.165) is 29.6 Å². The normalized spacial score (nSPS) is 11.4. The Morgan fingerprint density at radius 2 is 1.95 bits per heavy atom. The van der Waals surface area contributed by atoms with Crippen LogP contribution in [0.15, 0.2) is 23.0 Å². The maximum absolute atomic E-state index is 12.1. The molecular formula is C16H23N3O. The number of rotatable bonds is 5. The number of aromatic nitrogens is 1. The molecule has 0 fully saturated rings. The second kappa shape index (κ2) is 6.20. The highest BCUT2D eigenvalue weighted by Crippen LogP contribution is 2.18. The zero-order valence-electron chi connectivity index (χ0n) is 12.7. The molecule has 0 spiro atoms. The van der Waals surface area contributed by atoms with E-state index in [9.17, 15) is 4.79 Å². The van der Waals surface area contributed by atoms with Crippen molar-refractivity contribution in [2.24, 2.45) is 0 Å². The van der Waals surface area contributed by atoms with Crippen LogP contribution in [0.1, 0.15) is 16.7 Å². The Hall–Kier alpha value is -1.65. The number of aromatic amines is 1. The van der Waals surface area contributed by atoms with Crippen LogP contribution < -0.4 is 10.9 Å². The third-order valence-electron chi connectivity index (χ3n) is 3.44. The van der Waals surface area contributed by atoms with Crippen LogP contribution in [0.3, 0.4) is 0 Å². The fourth-order valence-electron chi connectivity index (χ4n) is 2.37. The van der Waals surface area contributed by atoms with Crippen molar-refractivity contribution >= 4 is 10.9 Å². The highest BCUT2D eigenvalue weighted by Gasteiger charge is 2.05. The van der Waals surface area contributed by atoms with E-state index in [-0.39, 0.29) is 5.56 Å². The van der Waals surface area contributed by atoms with Crippen LogP contribution in [0, 0.1) is 13.8 Å². The summed E-state index contributed by atoms with van der Waals surface area (Å²) in [5, 5.41) is 4.43. The summed E-state index contributed by atoms with van der Waals surface area (Å²) in [6.07, 6.45) is 0. The minimum Gasteiger partial charge on any atom is -0.322 e. The van der Waals surface area contributed by atoms with E-state index in [2.05, 4.69) is 28.2 Å². The van der Waals surface area contributed by atoms with Crippen LogP contribution >= 0.6 is 0 Å². The van der Waals surface area contributed by atoms with Crippen molar-refractivity contribution in [3.05, 3.63) is 45.2 Å². The molecular weight excluding hydrogens is 250 g/mol. The fraction of sp³-hybridized carbons (Fsp3) is 0.438. The molecule has 4 nitrogen and oxygen atoms in total. The SMILES string of the molecule is Cc1cc(C)c2cc(CNCCN(C)C)c(=O)[nH]c2c1. The number of aryl methyl sites for hydroxylation is 2. The first kappa shape index (κ1) is 14.8. The summed E-state index contributed by atoms with van der Waals surface area (Å²) in [4.78, 5) is 17.2. The van der Waals surface area contributed by atoms with Gasteiger partial charge in [0.1, 0.15) is 0 Å². The third-order valence-corrected chi connectivity index (χ3v) is 3.44. The molecule has 1 heterocycles. The lowest BCUT2D eigenvalue weighted by atomic mass is 10.0. The number of likely N-dealkylation sites (N-methyl/N-ethyl adjacent to an activating group) is 1. The summed E-state index contributed by atoms with van der Waals surface area (Å²) in [6, 6.07) is 6.17. The molecule has 0 amide bonds. The number of pyridine rings is 1. The lowest BCUT2D eigenvalue weighted by Crippen LogP contribution is -2.28.